The Morgan fingerprint density at radius 3 is 2.89 bits per heavy atom. The third-order valence-electron chi connectivity index (χ3n) is 4.72. The molecule has 2 aromatic carbocycles. The number of fused-ring (bicyclic) bond motifs is 2. The first kappa shape index (κ1) is 16.2. The Kier molecular flexibility index (Phi) is 3.68. The van der Waals surface area contributed by atoms with Crippen molar-refractivity contribution in [2.45, 2.75) is 13.5 Å². The summed E-state index contributed by atoms with van der Waals surface area (Å²) in [6.45, 7) is 2.45. The van der Waals surface area contributed by atoms with Crippen molar-refractivity contribution in [3.05, 3.63) is 66.0 Å². The Balaban J connectivity index is 1.43. The predicted octanol–water partition coefficient (Wildman–Crippen LogP) is 3.16. The fraction of sp³-hybridized carbons (Fsp3) is 0.100. The van der Waals surface area contributed by atoms with E-state index in [0.29, 0.717) is 29.3 Å². The van der Waals surface area contributed by atoms with Crippen LogP contribution in [0.25, 0.3) is 27.9 Å². The number of pyridine rings is 1. The number of aromatic amines is 1. The van der Waals surface area contributed by atoms with Gasteiger partial charge in [-0.2, -0.15) is 10.3 Å². The second kappa shape index (κ2) is 6.34. The smallest absolute Gasteiger partial charge is 0.207 e. The standard InChI is InChI=1S/C20H17N7O/c1-12-8-14(27-11-22-15-4-2-3-5-16(15)27)7-6-13(12)10-28-17-9-18(21)23-20-19(17)24-26-25-20/h2-9,11H,10H2,1H3,(H3,21,23,24,25,26). The van der Waals surface area contributed by atoms with Crippen LogP contribution in [-0.4, -0.2) is 29.9 Å². The Morgan fingerprint density at radius 2 is 2.00 bits per heavy atom. The van der Waals surface area contributed by atoms with Crippen LogP contribution in [0.4, 0.5) is 5.82 Å². The lowest BCUT2D eigenvalue weighted by Crippen LogP contribution is -2.02. The monoisotopic (exact) mass is 371 g/mol. The van der Waals surface area contributed by atoms with Crippen LogP contribution >= 0.6 is 0 Å². The Morgan fingerprint density at radius 1 is 1.11 bits per heavy atom. The second-order valence-corrected chi connectivity index (χ2v) is 6.54. The fourth-order valence-corrected chi connectivity index (χ4v) is 3.25. The number of nitrogens with zero attached hydrogens (tertiary/aromatic N) is 5. The molecule has 0 spiro atoms. The van der Waals surface area contributed by atoms with Crippen molar-refractivity contribution < 1.29 is 4.74 Å². The molecule has 3 N–H and O–H groups in total. The van der Waals surface area contributed by atoms with Gasteiger partial charge >= 0.3 is 0 Å². The molecule has 0 bridgehead atoms. The molecule has 3 aromatic heterocycles. The van der Waals surface area contributed by atoms with Gasteiger partial charge in [-0.25, -0.2) is 9.97 Å². The number of nitrogen functional groups attached to an aromatic ring is 1. The second-order valence-electron chi connectivity index (χ2n) is 6.54. The zero-order valence-corrected chi connectivity index (χ0v) is 15.1. The number of para-hydroxylation sites is 2. The van der Waals surface area contributed by atoms with E-state index in [2.05, 4.69) is 61.1 Å². The minimum Gasteiger partial charge on any atom is -0.486 e. The summed E-state index contributed by atoms with van der Waals surface area (Å²) in [5, 5.41) is 10.6. The molecule has 0 aliphatic heterocycles. The van der Waals surface area contributed by atoms with Crippen LogP contribution in [0.5, 0.6) is 5.75 Å². The summed E-state index contributed by atoms with van der Waals surface area (Å²) in [6, 6.07) is 16.0. The van der Waals surface area contributed by atoms with Crippen LogP contribution in [0.2, 0.25) is 0 Å². The summed E-state index contributed by atoms with van der Waals surface area (Å²) < 4.78 is 8.04. The molecule has 5 rings (SSSR count). The van der Waals surface area contributed by atoms with E-state index in [1.54, 1.807) is 6.07 Å². The maximum atomic E-state index is 5.96. The van der Waals surface area contributed by atoms with E-state index in [9.17, 15) is 0 Å². The van der Waals surface area contributed by atoms with Crippen molar-refractivity contribution >= 4 is 28.0 Å². The maximum absolute atomic E-state index is 5.96. The molecule has 8 nitrogen and oxygen atoms in total. The summed E-state index contributed by atoms with van der Waals surface area (Å²) in [6.07, 6.45) is 1.84. The molecule has 138 valence electrons. The van der Waals surface area contributed by atoms with Gasteiger partial charge in [0.1, 0.15) is 18.8 Å². The molecule has 0 atom stereocenters. The zero-order chi connectivity index (χ0) is 19.1. The van der Waals surface area contributed by atoms with E-state index in [4.69, 9.17) is 10.5 Å². The molecule has 0 unspecified atom stereocenters. The van der Waals surface area contributed by atoms with E-state index in [1.807, 2.05) is 24.5 Å². The minimum absolute atomic E-state index is 0.343. The number of rotatable bonds is 4. The molecule has 0 radical (unpaired) electrons. The fourth-order valence-electron chi connectivity index (χ4n) is 3.25. The molecule has 0 saturated carbocycles. The summed E-state index contributed by atoms with van der Waals surface area (Å²) in [7, 11) is 0. The molecule has 0 saturated heterocycles. The van der Waals surface area contributed by atoms with Crippen LogP contribution in [0.1, 0.15) is 11.1 Å². The van der Waals surface area contributed by atoms with E-state index >= 15 is 0 Å². The molecule has 0 amide bonds. The van der Waals surface area contributed by atoms with E-state index in [-0.39, 0.29) is 0 Å². The first-order chi connectivity index (χ1) is 13.7. The number of benzene rings is 2. The number of imidazole rings is 1. The quantitative estimate of drug-likeness (QED) is 0.502. The largest absolute Gasteiger partial charge is 0.486 e. The van der Waals surface area contributed by atoms with Gasteiger partial charge in [0, 0.05) is 11.8 Å². The highest BCUT2D eigenvalue weighted by molar-refractivity contribution is 5.79. The summed E-state index contributed by atoms with van der Waals surface area (Å²) in [5.74, 6) is 0.899. The number of aryl methyl sites for hydroxylation is 1. The van der Waals surface area contributed by atoms with Gasteiger partial charge in [-0.05, 0) is 42.3 Å². The van der Waals surface area contributed by atoms with Gasteiger partial charge in [0.05, 0.1) is 11.0 Å². The molecule has 0 aliphatic carbocycles. The molecule has 0 fully saturated rings. The van der Waals surface area contributed by atoms with Gasteiger partial charge in [-0.15, -0.1) is 5.10 Å². The van der Waals surface area contributed by atoms with Gasteiger partial charge in [-0.1, -0.05) is 18.2 Å². The number of anilines is 1. The van der Waals surface area contributed by atoms with Crippen LogP contribution in [0, 0.1) is 6.92 Å². The van der Waals surface area contributed by atoms with Crippen LogP contribution < -0.4 is 10.5 Å². The molecule has 5 aromatic rings. The number of nitrogens with one attached hydrogen (secondary N) is 1. The number of hydrogen-bond donors (Lipinski definition) is 2. The lowest BCUT2D eigenvalue weighted by molar-refractivity contribution is 0.308. The zero-order valence-electron chi connectivity index (χ0n) is 15.1. The van der Waals surface area contributed by atoms with E-state index < -0.39 is 0 Å². The highest BCUT2D eigenvalue weighted by atomic mass is 16.5. The Hall–Kier alpha value is -3.94. The molecular formula is C20H17N7O. The highest BCUT2D eigenvalue weighted by Crippen LogP contribution is 2.25. The van der Waals surface area contributed by atoms with E-state index in [1.165, 1.54) is 0 Å². The van der Waals surface area contributed by atoms with Gasteiger partial charge in [0.25, 0.3) is 0 Å². The van der Waals surface area contributed by atoms with Crippen LogP contribution in [0.3, 0.4) is 0 Å². The van der Waals surface area contributed by atoms with Crippen molar-refractivity contribution in [2.75, 3.05) is 5.73 Å². The first-order valence-electron chi connectivity index (χ1n) is 8.81. The lowest BCUT2D eigenvalue weighted by Gasteiger charge is -2.12. The number of ether oxygens (including phenoxy) is 1. The van der Waals surface area contributed by atoms with Crippen molar-refractivity contribution in [3.8, 4) is 11.4 Å². The predicted molar refractivity (Wildman–Crippen MR) is 106 cm³/mol. The van der Waals surface area contributed by atoms with Crippen molar-refractivity contribution in [1.29, 1.82) is 0 Å². The van der Waals surface area contributed by atoms with Crippen molar-refractivity contribution in [2.24, 2.45) is 0 Å². The number of nitrogens with two attached hydrogens (primary N) is 1. The summed E-state index contributed by atoms with van der Waals surface area (Å²) in [4.78, 5) is 8.58. The Bertz CT molecular complexity index is 1300. The first-order valence-corrected chi connectivity index (χ1v) is 8.81. The van der Waals surface area contributed by atoms with Gasteiger partial charge in [0.15, 0.2) is 11.3 Å². The normalized spacial score (nSPS) is 11.3. The Labute approximate surface area is 160 Å². The maximum Gasteiger partial charge on any atom is 0.207 e. The number of hydrogen-bond acceptors (Lipinski definition) is 6. The minimum atomic E-state index is 0.343. The third-order valence-corrected chi connectivity index (χ3v) is 4.72. The molecule has 3 heterocycles. The lowest BCUT2D eigenvalue weighted by atomic mass is 10.1. The van der Waals surface area contributed by atoms with E-state index in [0.717, 1.165) is 27.8 Å². The average Bonchev–Trinajstić information content (AvgIpc) is 3.33. The topological polar surface area (TPSA) is 108 Å². The van der Waals surface area contributed by atoms with Crippen LogP contribution in [0.15, 0.2) is 54.9 Å². The summed E-state index contributed by atoms with van der Waals surface area (Å²) in [5.41, 5.74) is 12.1. The SMILES string of the molecule is Cc1cc(-n2cnc3ccccc32)ccc1COc1cc(N)nc2n[nH]nc12. The average molecular weight is 371 g/mol. The summed E-state index contributed by atoms with van der Waals surface area (Å²) >= 11 is 0. The molecule has 0 aliphatic rings. The molecule has 8 heteroatoms. The van der Waals surface area contributed by atoms with Gasteiger partial charge in [-0.3, -0.25) is 4.57 Å². The van der Waals surface area contributed by atoms with Gasteiger partial charge in [0.2, 0.25) is 5.65 Å². The van der Waals surface area contributed by atoms with Gasteiger partial charge < -0.3 is 10.5 Å². The molecule has 28 heavy (non-hydrogen) atoms. The molecular weight excluding hydrogens is 354 g/mol. The number of H-pyrrole nitrogens is 1. The highest BCUT2D eigenvalue weighted by Gasteiger charge is 2.11. The van der Waals surface area contributed by atoms with Crippen molar-refractivity contribution in [3.63, 3.8) is 0 Å². The van der Waals surface area contributed by atoms with Crippen molar-refractivity contribution in [1.82, 2.24) is 29.9 Å². The number of aromatic nitrogens is 6. The van der Waals surface area contributed by atoms with Crippen LogP contribution in [-0.2, 0) is 6.61 Å². The third kappa shape index (κ3) is 2.71.